The highest BCUT2D eigenvalue weighted by molar-refractivity contribution is 8.05. The van der Waals surface area contributed by atoms with E-state index in [1.54, 1.807) is 11.8 Å². The maximum Gasteiger partial charge on any atom is 0.374 e. The third-order valence-corrected chi connectivity index (χ3v) is 5.35. The lowest BCUT2D eigenvalue weighted by Crippen LogP contribution is -2.24. The average molecular weight is 477 g/mol. The van der Waals surface area contributed by atoms with E-state index in [-0.39, 0.29) is 0 Å². The topological polar surface area (TPSA) is 66.6 Å². The summed E-state index contributed by atoms with van der Waals surface area (Å²) in [6, 6.07) is 17.4. The number of carbonyl (C=O) groups is 1. The molecule has 0 aromatic heterocycles. The molecule has 2 aromatic carbocycles. The van der Waals surface area contributed by atoms with Gasteiger partial charge >= 0.3 is 11.9 Å². The maximum absolute atomic E-state index is 11.2. The van der Waals surface area contributed by atoms with Crippen molar-refractivity contribution in [1.82, 2.24) is 4.90 Å². The summed E-state index contributed by atoms with van der Waals surface area (Å²) in [7, 11) is 0. The summed E-state index contributed by atoms with van der Waals surface area (Å²) in [6.07, 6.45) is 3.34. The fraction of sp³-hybridized carbons (Fsp3) is 0.346. The molecule has 0 amide bonds. The lowest BCUT2D eigenvalue weighted by atomic mass is 10.1. The van der Waals surface area contributed by atoms with Crippen molar-refractivity contribution >= 4 is 17.7 Å². The average Bonchev–Trinajstić information content (AvgIpc) is 2.75. The van der Waals surface area contributed by atoms with Gasteiger partial charge < -0.3 is 10.8 Å². The zero-order valence-electron chi connectivity index (χ0n) is 19.6. The summed E-state index contributed by atoms with van der Waals surface area (Å²) in [5.41, 5.74) is 10.9. The van der Waals surface area contributed by atoms with Crippen molar-refractivity contribution < 1.29 is 18.7 Å². The molecule has 0 radical (unpaired) electrons. The van der Waals surface area contributed by atoms with Gasteiger partial charge in [0.05, 0.1) is 0 Å². The lowest BCUT2D eigenvalue weighted by molar-refractivity contribution is -0.161. The van der Waals surface area contributed by atoms with Crippen LogP contribution in [-0.4, -0.2) is 28.4 Å². The Hall–Kier alpha value is -2.48. The molecule has 33 heavy (non-hydrogen) atoms. The molecular weight excluding hydrogens is 442 g/mol. The third-order valence-electron chi connectivity index (χ3n) is 4.58. The Labute approximate surface area is 200 Å². The number of halogens is 2. The zero-order valence-corrected chi connectivity index (χ0v) is 20.4. The quantitative estimate of drug-likeness (QED) is 0.395. The van der Waals surface area contributed by atoms with Crippen LogP contribution < -0.4 is 5.73 Å². The van der Waals surface area contributed by atoms with Crippen LogP contribution in [0.4, 0.5) is 8.78 Å². The number of carboxylic acids is 1. The van der Waals surface area contributed by atoms with E-state index in [4.69, 9.17) is 10.8 Å². The molecule has 0 saturated carbocycles. The van der Waals surface area contributed by atoms with Crippen LogP contribution in [0.2, 0.25) is 0 Å². The molecule has 0 aliphatic carbocycles. The van der Waals surface area contributed by atoms with Crippen molar-refractivity contribution in [3.8, 4) is 0 Å². The van der Waals surface area contributed by atoms with Crippen LogP contribution in [0.3, 0.4) is 0 Å². The van der Waals surface area contributed by atoms with Gasteiger partial charge in [-0.2, -0.15) is 8.78 Å². The van der Waals surface area contributed by atoms with E-state index >= 15 is 0 Å². The maximum atomic E-state index is 11.2. The van der Waals surface area contributed by atoms with E-state index < -0.39 is 11.9 Å². The zero-order chi connectivity index (χ0) is 24.9. The van der Waals surface area contributed by atoms with E-state index in [9.17, 15) is 13.6 Å². The van der Waals surface area contributed by atoms with Gasteiger partial charge in [-0.15, -0.1) is 11.8 Å². The first kappa shape index (κ1) is 28.6. The summed E-state index contributed by atoms with van der Waals surface area (Å²) in [6.45, 7) is 11.8. The molecule has 0 unspecified atom stereocenters. The largest absolute Gasteiger partial charge is 0.477 e. The number of carboxylic acid groups (broad SMARTS) is 1. The standard InChI is InChI=1S/C23H30N2S.C3H4F2O2/c1-4-7-23(26-5-2)18-25(16-20-12-10-19(3)11-13-20)17-22-9-6-8-21(14-22)15-24;1-3(4,5)2(6)7/h5-14H,2,4,15-18,24H2,1,3H3;1H3,(H,6,7)/b23-7-;. The van der Waals surface area contributed by atoms with Crippen molar-refractivity contribution in [1.29, 1.82) is 0 Å². The van der Waals surface area contributed by atoms with Crippen molar-refractivity contribution in [2.45, 2.75) is 52.7 Å². The Balaban J connectivity index is 0.000000675. The highest BCUT2D eigenvalue weighted by atomic mass is 32.2. The monoisotopic (exact) mass is 476 g/mol. The molecule has 0 atom stereocenters. The first-order chi connectivity index (χ1) is 15.6. The van der Waals surface area contributed by atoms with Crippen LogP contribution in [0, 0.1) is 6.92 Å². The Morgan fingerprint density at radius 3 is 2.24 bits per heavy atom. The van der Waals surface area contributed by atoms with Gasteiger partial charge in [0.2, 0.25) is 0 Å². The minimum Gasteiger partial charge on any atom is -0.477 e. The lowest BCUT2D eigenvalue weighted by Gasteiger charge is -2.24. The second kappa shape index (κ2) is 14.6. The molecule has 4 nitrogen and oxygen atoms in total. The molecule has 0 bridgehead atoms. The predicted octanol–water partition coefficient (Wildman–Crippen LogP) is 6.35. The summed E-state index contributed by atoms with van der Waals surface area (Å²) in [5, 5.41) is 9.42. The number of aryl methyl sites for hydroxylation is 1. The van der Waals surface area contributed by atoms with Gasteiger partial charge in [-0.25, -0.2) is 4.79 Å². The van der Waals surface area contributed by atoms with Crippen molar-refractivity contribution in [3.63, 3.8) is 0 Å². The highest BCUT2D eigenvalue weighted by Gasteiger charge is 2.31. The van der Waals surface area contributed by atoms with Gasteiger partial charge in [-0.3, -0.25) is 4.90 Å². The van der Waals surface area contributed by atoms with E-state index in [2.05, 4.69) is 79.9 Å². The molecule has 0 spiro atoms. The number of thioether (sulfide) groups is 1. The number of hydrogen-bond acceptors (Lipinski definition) is 4. The van der Waals surface area contributed by atoms with Gasteiger partial charge in [0.25, 0.3) is 0 Å². The minimum absolute atomic E-state index is 0.329. The first-order valence-corrected chi connectivity index (χ1v) is 11.6. The highest BCUT2D eigenvalue weighted by Crippen LogP contribution is 2.21. The number of aliphatic carboxylic acids is 1. The number of benzene rings is 2. The van der Waals surface area contributed by atoms with Gasteiger partial charge in [0.1, 0.15) is 0 Å². The molecule has 7 heteroatoms. The van der Waals surface area contributed by atoms with Crippen LogP contribution >= 0.6 is 11.8 Å². The Bertz CT molecular complexity index is 909. The molecule has 0 fully saturated rings. The number of allylic oxidation sites excluding steroid dienone is 1. The molecule has 0 aliphatic rings. The minimum atomic E-state index is -3.58. The van der Waals surface area contributed by atoms with Crippen molar-refractivity contribution in [2.75, 3.05) is 6.54 Å². The normalized spacial score (nSPS) is 11.7. The van der Waals surface area contributed by atoms with Crippen molar-refractivity contribution in [2.24, 2.45) is 5.73 Å². The molecule has 3 N–H and O–H groups in total. The molecular formula is C26H34F2N2O2S. The van der Waals surface area contributed by atoms with Crippen LogP contribution in [0.1, 0.15) is 42.5 Å². The second-order valence-corrected chi connectivity index (χ2v) is 8.80. The van der Waals surface area contributed by atoms with Gasteiger partial charge in [0, 0.05) is 33.1 Å². The molecule has 2 aromatic rings. The SMILES string of the molecule is C=CS/C(=C\CC)CN(Cc1ccc(C)cc1)Cc1cccc(CN)c1.CC(F)(F)C(=O)O. The molecule has 180 valence electrons. The summed E-state index contributed by atoms with van der Waals surface area (Å²) in [4.78, 5) is 13.1. The number of nitrogens with two attached hydrogens (primary N) is 1. The second-order valence-electron chi connectivity index (χ2n) is 7.71. The fourth-order valence-electron chi connectivity index (χ4n) is 2.94. The number of rotatable bonds is 11. The molecule has 0 saturated heterocycles. The summed E-state index contributed by atoms with van der Waals surface area (Å²) >= 11 is 1.72. The molecule has 0 heterocycles. The Morgan fingerprint density at radius 2 is 1.73 bits per heavy atom. The van der Waals surface area contributed by atoms with Crippen LogP contribution in [-0.2, 0) is 24.4 Å². The summed E-state index contributed by atoms with van der Waals surface area (Å²) < 4.78 is 22.5. The molecule has 0 aliphatic heterocycles. The fourth-order valence-corrected chi connectivity index (χ4v) is 3.67. The van der Waals surface area contributed by atoms with Crippen LogP contribution in [0.15, 0.2) is 71.5 Å². The Kier molecular flexibility index (Phi) is 12.7. The predicted molar refractivity (Wildman–Crippen MR) is 134 cm³/mol. The third kappa shape index (κ3) is 11.8. The number of nitrogens with zero attached hydrogens (tertiary/aromatic N) is 1. The number of hydrogen-bond donors (Lipinski definition) is 2. The van der Waals surface area contributed by atoms with Gasteiger partial charge in [0.15, 0.2) is 0 Å². The van der Waals surface area contributed by atoms with Gasteiger partial charge in [-0.1, -0.05) is 73.7 Å². The first-order valence-electron chi connectivity index (χ1n) is 10.7. The molecule has 2 rings (SSSR count). The van der Waals surface area contributed by atoms with Gasteiger partial charge in [-0.05, 0) is 40.3 Å². The Morgan fingerprint density at radius 1 is 1.15 bits per heavy atom. The van der Waals surface area contributed by atoms with Crippen LogP contribution in [0.25, 0.3) is 0 Å². The summed E-state index contributed by atoms with van der Waals surface area (Å²) in [5.74, 6) is -5.67. The van der Waals surface area contributed by atoms with E-state index in [1.807, 2.05) is 5.41 Å². The van der Waals surface area contributed by atoms with Crippen molar-refractivity contribution in [3.05, 3.63) is 93.8 Å². The smallest absolute Gasteiger partial charge is 0.374 e. The van der Waals surface area contributed by atoms with E-state index in [0.29, 0.717) is 13.5 Å². The number of alkyl halides is 2. The van der Waals surface area contributed by atoms with Crippen LogP contribution in [0.5, 0.6) is 0 Å². The van der Waals surface area contributed by atoms with E-state index in [0.717, 1.165) is 26.1 Å². The van der Waals surface area contributed by atoms with E-state index in [1.165, 1.54) is 27.2 Å².